The van der Waals surface area contributed by atoms with Crippen molar-refractivity contribution in [2.75, 3.05) is 13.7 Å². The van der Waals surface area contributed by atoms with E-state index in [0.717, 1.165) is 5.56 Å². The number of nitrogens with one attached hydrogen (secondary N) is 1. The van der Waals surface area contributed by atoms with Crippen molar-refractivity contribution in [1.82, 2.24) is 10.2 Å². The van der Waals surface area contributed by atoms with Gasteiger partial charge in [-0.25, -0.2) is 4.79 Å². The zero-order valence-electron chi connectivity index (χ0n) is 20.6. The molecule has 36 heavy (non-hydrogen) atoms. The van der Waals surface area contributed by atoms with Crippen LogP contribution in [0.4, 0.5) is 8.78 Å². The van der Waals surface area contributed by atoms with E-state index in [4.69, 9.17) is 9.47 Å². The summed E-state index contributed by atoms with van der Waals surface area (Å²) in [5.41, 5.74) is 1.67. The van der Waals surface area contributed by atoms with Crippen molar-refractivity contribution in [2.45, 2.75) is 58.4 Å². The summed E-state index contributed by atoms with van der Waals surface area (Å²) in [6.45, 7) is 2.30. The zero-order chi connectivity index (χ0) is 26.4. The van der Waals surface area contributed by atoms with Crippen molar-refractivity contribution in [2.24, 2.45) is 0 Å². The van der Waals surface area contributed by atoms with E-state index in [0.29, 0.717) is 17.5 Å². The minimum atomic E-state index is -3.00. The largest absolute Gasteiger partial charge is 0.487 e. The molecule has 1 fully saturated rings. The van der Waals surface area contributed by atoms with Crippen LogP contribution in [0.25, 0.3) is 0 Å². The number of nitrogens with zero attached hydrogens (tertiary/aromatic N) is 1. The summed E-state index contributed by atoms with van der Waals surface area (Å²) in [6.07, 6.45) is 0.0595. The smallest absolute Gasteiger partial charge is 0.387 e. The zero-order valence-corrected chi connectivity index (χ0v) is 20.6. The Morgan fingerprint density at radius 3 is 2.44 bits per heavy atom. The van der Waals surface area contributed by atoms with Crippen LogP contribution in [0.1, 0.15) is 54.6 Å². The van der Waals surface area contributed by atoms with Crippen molar-refractivity contribution < 1.29 is 37.4 Å². The minimum Gasteiger partial charge on any atom is -0.487 e. The Balaban J connectivity index is 1.78. The Labute approximate surface area is 208 Å². The molecule has 2 amide bonds. The maximum atomic E-state index is 13.1. The lowest BCUT2D eigenvalue weighted by Gasteiger charge is -2.22. The van der Waals surface area contributed by atoms with Gasteiger partial charge in [0.2, 0.25) is 11.8 Å². The molecule has 3 rings (SSSR count). The van der Waals surface area contributed by atoms with Gasteiger partial charge in [-0.15, -0.1) is 0 Å². The first kappa shape index (κ1) is 26.9. The van der Waals surface area contributed by atoms with Crippen LogP contribution in [0.15, 0.2) is 42.5 Å². The average Bonchev–Trinajstić information content (AvgIpc) is 3.29. The lowest BCUT2D eigenvalue weighted by molar-refractivity contribution is -0.136. The topological polar surface area (TPSA) is 94.2 Å². The lowest BCUT2D eigenvalue weighted by atomic mass is 9.95. The second kappa shape index (κ2) is 11.8. The minimum absolute atomic E-state index is 0.0811. The molecule has 1 heterocycles. The molecule has 2 aromatic carbocycles. The maximum absolute atomic E-state index is 13.1. The van der Waals surface area contributed by atoms with Gasteiger partial charge in [0.05, 0.1) is 18.8 Å². The number of esters is 1. The van der Waals surface area contributed by atoms with Crippen LogP contribution in [0, 0.1) is 0 Å². The molecule has 194 valence electrons. The number of amides is 2. The summed E-state index contributed by atoms with van der Waals surface area (Å²) in [6, 6.07) is 10.7. The standard InChI is InChI=1S/C26H30F2N2O6/c1-15(2)35-23-12-17(9-10-22(23)36-26(27)28)19-11-21(30(14-19)16(3)31)24(32)29-13-18-7-5-6-8-20(18)25(33)34-4/h5-10,12,15,19,21,26H,11,13-14H2,1-4H3,(H,29,32)/t19?,21-/m1/s1. The van der Waals surface area contributed by atoms with Gasteiger partial charge in [0.15, 0.2) is 11.5 Å². The molecular weight excluding hydrogens is 474 g/mol. The summed E-state index contributed by atoms with van der Waals surface area (Å²) in [7, 11) is 1.28. The fourth-order valence-electron chi connectivity index (χ4n) is 4.28. The highest BCUT2D eigenvalue weighted by molar-refractivity contribution is 5.91. The molecule has 0 aromatic heterocycles. The van der Waals surface area contributed by atoms with Crippen molar-refractivity contribution in [1.29, 1.82) is 0 Å². The third kappa shape index (κ3) is 6.50. The number of benzene rings is 2. The fourth-order valence-corrected chi connectivity index (χ4v) is 4.28. The molecule has 1 aliphatic heterocycles. The van der Waals surface area contributed by atoms with Crippen molar-refractivity contribution in [3.05, 3.63) is 59.2 Å². The Morgan fingerprint density at radius 2 is 1.81 bits per heavy atom. The summed E-state index contributed by atoms with van der Waals surface area (Å²) in [5, 5.41) is 2.82. The average molecular weight is 505 g/mol. The number of hydrogen-bond donors (Lipinski definition) is 1. The monoisotopic (exact) mass is 504 g/mol. The van der Waals surface area contributed by atoms with E-state index in [1.807, 2.05) is 0 Å². The number of likely N-dealkylation sites (tertiary alicyclic amines) is 1. The van der Waals surface area contributed by atoms with E-state index >= 15 is 0 Å². The van der Waals surface area contributed by atoms with Crippen molar-refractivity contribution in [3.8, 4) is 11.5 Å². The number of methoxy groups -OCH3 is 1. The first-order valence-corrected chi connectivity index (χ1v) is 11.6. The Bertz CT molecular complexity index is 1110. The number of halogens is 2. The molecule has 0 radical (unpaired) electrons. The van der Waals surface area contributed by atoms with Gasteiger partial charge in [0.1, 0.15) is 6.04 Å². The van der Waals surface area contributed by atoms with E-state index < -0.39 is 18.6 Å². The molecule has 1 saturated heterocycles. The molecule has 1 aliphatic rings. The van der Waals surface area contributed by atoms with E-state index in [9.17, 15) is 23.2 Å². The molecule has 8 nitrogen and oxygen atoms in total. The fraction of sp³-hybridized carbons (Fsp3) is 0.423. The summed E-state index contributed by atoms with van der Waals surface area (Å²) >= 11 is 0. The molecule has 0 spiro atoms. The highest BCUT2D eigenvalue weighted by atomic mass is 19.3. The van der Waals surface area contributed by atoms with Gasteiger partial charge in [-0.2, -0.15) is 8.78 Å². The van der Waals surface area contributed by atoms with Crippen LogP contribution < -0.4 is 14.8 Å². The van der Waals surface area contributed by atoms with Gasteiger partial charge in [0.25, 0.3) is 0 Å². The SMILES string of the molecule is COC(=O)c1ccccc1CNC(=O)[C@H]1CC(c2ccc(OC(F)F)c(OC(C)C)c2)CN1C(C)=O. The summed E-state index contributed by atoms with van der Waals surface area (Å²) in [4.78, 5) is 38.9. The maximum Gasteiger partial charge on any atom is 0.387 e. The van der Waals surface area contributed by atoms with Gasteiger partial charge in [-0.3, -0.25) is 9.59 Å². The predicted molar refractivity (Wildman–Crippen MR) is 127 cm³/mol. The molecular formula is C26H30F2N2O6. The van der Waals surface area contributed by atoms with Gasteiger partial charge < -0.3 is 24.4 Å². The summed E-state index contributed by atoms with van der Waals surface area (Å²) < 4.78 is 40.7. The van der Waals surface area contributed by atoms with Crippen LogP contribution in [-0.4, -0.2) is 55.1 Å². The van der Waals surface area contributed by atoms with Crippen LogP contribution in [0.5, 0.6) is 11.5 Å². The number of alkyl halides is 2. The predicted octanol–water partition coefficient (Wildman–Crippen LogP) is 3.88. The normalized spacial score (nSPS) is 17.3. The van der Waals surface area contributed by atoms with Crippen LogP contribution >= 0.6 is 0 Å². The first-order chi connectivity index (χ1) is 17.1. The van der Waals surface area contributed by atoms with Crippen LogP contribution in [-0.2, 0) is 20.9 Å². The molecule has 0 saturated carbocycles. The highest BCUT2D eigenvalue weighted by Crippen LogP contribution is 2.38. The molecule has 0 aliphatic carbocycles. The number of rotatable bonds is 9. The Hall–Kier alpha value is -3.69. The third-order valence-electron chi connectivity index (χ3n) is 5.90. The van der Waals surface area contributed by atoms with E-state index in [-0.39, 0.29) is 48.4 Å². The van der Waals surface area contributed by atoms with E-state index in [1.54, 1.807) is 50.2 Å². The number of ether oxygens (including phenoxy) is 3. The second-order valence-electron chi connectivity index (χ2n) is 8.74. The van der Waals surface area contributed by atoms with Crippen LogP contribution in [0.2, 0.25) is 0 Å². The number of carbonyl (C=O) groups excluding carboxylic acids is 3. The van der Waals surface area contributed by atoms with Gasteiger partial charge in [-0.05, 0) is 49.6 Å². The lowest BCUT2D eigenvalue weighted by Crippen LogP contribution is -2.45. The first-order valence-electron chi connectivity index (χ1n) is 11.6. The Morgan fingerprint density at radius 1 is 1.08 bits per heavy atom. The third-order valence-corrected chi connectivity index (χ3v) is 5.90. The van der Waals surface area contributed by atoms with Crippen molar-refractivity contribution in [3.63, 3.8) is 0 Å². The molecule has 0 bridgehead atoms. The second-order valence-corrected chi connectivity index (χ2v) is 8.74. The van der Waals surface area contributed by atoms with Crippen molar-refractivity contribution >= 4 is 17.8 Å². The molecule has 2 atom stereocenters. The number of hydrogen-bond acceptors (Lipinski definition) is 6. The van der Waals surface area contributed by atoms with Gasteiger partial charge >= 0.3 is 12.6 Å². The molecule has 1 unspecified atom stereocenters. The number of carbonyl (C=O) groups is 3. The van der Waals surface area contributed by atoms with E-state index in [1.165, 1.54) is 25.0 Å². The molecule has 1 N–H and O–H groups in total. The quantitative estimate of drug-likeness (QED) is 0.521. The van der Waals surface area contributed by atoms with Gasteiger partial charge in [-0.1, -0.05) is 24.3 Å². The Kier molecular flexibility index (Phi) is 8.84. The summed E-state index contributed by atoms with van der Waals surface area (Å²) in [5.74, 6) is -1.26. The molecule has 10 heteroatoms. The van der Waals surface area contributed by atoms with Gasteiger partial charge in [0, 0.05) is 25.9 Å². The van der Waals surface area contributed by atoms with E-state index in [2.05, 4.69) is 10.1 Å². The molecule has 2 aromatic rings. The highest BCUT2D eigenvalue weighted by Gasteiger charge is 2.39. The van der Waals surface area contributed by atoms with Crippen LogP contribution in [0.3, 0.4) is 0 Å².